The summed E-state index contributed by atoms with van der Waals surface area (Å²) in [6.07, 6.45) is 1.41. The molecule has 12 heavy (non-hydrogen) atoms. The summed E-state index contributed by atoms with van der Waals surface area (Å²) in [7, 11) is 0. The number of rotatable bonds is 2. The molecule has 1 saturated heterocycles. The highest BCUT2D eigenvalue weighted by atomic mass is 16.5. The van der Waals surface area contributed by atoms with Crippen LogP contribution in [-0.2, 0) is 9.53 Å². The summed E-state index contributed by atoms with van der Waals surface area (Å²) in [5.74, 6) is -0.827. The molecule has 0 aromatic heterocycles. The fourth-order valence-corrected chi connectivity index (χ4v) is 1.66. The van der Waals surface area contributed by atoms with Gasteiger partial charge < -0.3 is 15.6 Å². The molecule has 4 heteroatoms. The number of carbonyl (C=O) groups is 1. The molecule has 0 bridgehead atoms. The van der Waals surface area contributed by atoms with Crippen LogP contribution < -0.4 is 5.73 Å². The molecule has 1 heterocycles. The maximum absolute atomic E-state index is 10.5. The smallest absolute Gasteiger partial charge is 0.305 e. The second-order valence-corrected chi connectivity index (χ2v) is 3.57. The summed E-state index contributed by atoms with van der Waals surface area (Å²) < 4.78 is 5.28. The zero-order valence-electron chi connectivity index (χ0n) is 7.25. The van der Waals surface area contributed by atoms with E-state index in [1.54, 1.807) is 0 Å². The number of carboxylic acid groups (broad SMARTS) is 1. The van der Waals surface area contributed by atoms with Gasteiger partial charge in [0.05, 0.1) is 12.5 Å². The zero-order chi connectivity index (χ0) is 9.19. The fourth-order valence-electron chi connectivity index (χ4n) is 1.66. The lowest BCUT2D eigenvalue weighted by atomic mass is 9.85. The van der Waals surface area contributed by atoms with Crippen LogP contribution in [-0.4, -0.2) is 29.3 Å². The van der Waals surface area contributed by atoms with E-state index in [1.807, 2.05) is 6.92 Å². The van der Waals surface area contributed by atoms with Gasteiger partial charge in [0.1, 0.15) is 0 Å². The predicted octanol–water partition coefficient (Wildman–Crippen LogP) is 0.357. The van der Waals surface area contributed by atoms with Crippen LogP contribution in [0.5, 0.6) is 0 Å². The van der Waals surface area contributed by atoms with Crippen LogP contribution in [0.2, 0.25) is 0 Å². The minimum atomic E-state index is -0.827. The summed E-state index contributed by atoms with van der Waals surface area (Å²) in [5.41, 5.74) is 5.34. The minimum Gasteiger partial charge on any atom is -0.481 e. The van der Waals surface area contributed by atoms with Crippen LogP contribution in [0.1, 0.15) is 26.2 Å². The molecule has 1 aliphatic rings. The van der Waals surface area contributed by atoms with E-state index in [-0.39, 0.29) is 12.5 Å². The topological polar surface area (TPSA) is 72.6 Å². The molecule has 2 unspecified atom stereocenters. The summed E-state index contributed by atoms with van der Waals surface area (Å²) in [4.78, 5) is 10.5. The molecule has 0 spiro atoms. The van der Waals surface area contributed by atoms with Crippen molar-refractivity contribution >= 4 is 5.97 Å². The van der Waals surface area contributed by atoms with E-state index in [4.69, 9.17) is 15.6 Å². The van der Waals surface area contributed by atoms with Crippen molar-refractivity contribution in [3.63, 3.8) is 0 Å². The van der Waals surface area contributed by atoms with E-state index in [0.29, 0.717) is 19.4 Å². The molecule has 0 saturated carbocycles. The first kappa shape index (κ1) is 9.48. The summed E-state index contributed by atoms with van der Waals surface area (Å²) in [5, 5.41) is 8.60. The molecular weight excluding hydrogens is 158 g/mol. The lowest BCUT2D eigenvalue weighted by Crippen LogP contribution is -2.48. The van der Waals surface area contributed by atoms with Gasteiger partial charge in [-0.15, -0.1) is 0 Å². The van der Waals surface area contributed by atoms with Gasteiger partial charge in [0, 0.05) is 12.1 Å². The van der Waals surface area contributed by atoms with Crippen molar-refractivity contribution in [2.24, 2.45) is 5.73 Å². The number of carboxylic acids is 1. The van der Waals surface area contributed by atoms with Gasteiger partial charge in [-0.1, -0.05) is 0 Å². The maximum atomic E-state index is 10.5. The van der Waals surface area contributed by atoms with Crippen LogP contribution in [0, 0.1) is 0 Å². The zero-order valence-corrected chi connectivity index (χ0v) is 7.25. The van der Waals surface area contributed by atoms with Gasteiger partial charge in [0.2, 0.25) is 0 Å². The van der Waals surface area contributed by atoms with E-state index in [2.05, 4.69) is 0 Å². The third kappa shape index (κ3) is 2.46. The molecule has 0 radical (unpaired) electrons. The number of ether oxygens (including phenoxy) is 1. The lowest BCUT2D eigenvalue weighted by Gasteiger charge is -2.35. The Morgan fingerprint density at radius 2 is 2.50 bits per heavy atom. The normalized spacial score (nSPS) is 36.3. The minimum absolute atomic E-state index is 0.0424. The Labute approximate surface area is 71.7 Å². The number of hydrogen-bond acceptors (Lipinski definition) is 3. The van der Waals surface area contributed by atoms with Crippen molar-refractivity contribution in [2.75, 3.05) is 6.61 Å². The summed E-state index contributed by atoms with van der Waals surface area (Å²) >= 11 is 0. The standard InChI is InChI=1S/C8H15NO3/c1-6-4-8(9,2-3-12-6)5-7(10)11/h6H,2-5,9H2,1H3,(H,10,11). The van der Waals surface area contributed by atoms with Crippen molar-refractivity contribution in [3.8, 4) is 0 Å². The SMILES string of the molecule is CC1CC(N)(CC(=O)O)CCO1. The third-order valence-corrected chi connectivity index (χ3v) is 2.20. The molecule has 2 atom stereocenters. The molecule has 1 rings (SSSR count). The largest absolute Gasteiger partial charge is 0.481 e. The van der Waals surface area contributed by atoms with Crippen molar-refractivity contribution in [2.45, 2.75) is 37.8 Å². The summed E-state index contributed by atoms with van der Waals surface area (Å²) in [6, 6.07) is 0. The molecule has 1 fully saturated rings. The highest BCUT2D eigenvalue weighted by molar-refractivity contribution is 5.68. The van der Waals surface area contributed by atoms with Crippen molar-refractivity contribution in [1.29, 1.82) is 0 Å². The van der Waals surface area contributed by atoms with Gasteiger partial charge in [-0.25, -0.2) is 0 Å². The first-order valence-corrected chi connectivity index (χ1v) is 4.14. The van der Waals surface area contributed by atoms with Gasteiger partial charge in [0.15, 0.2) is 0 Å². The highest BCUT2D eigenvalue weighted by Crippen LogP contribution is 2.25. The van der Waals surface area contributed by atoms with Crippen molar-refractivity contribution in [3.05, 3.63) is 0 Å². The van der Waals surface area contributed by atoms with Gasteiger partial charge in [0.25, 0.3) is 0 Å². The molecule has 70 valence electrons. The second-order valence-electron chi connectivity index (χ2n) is 3.57. The van der Waals surface area contributed by atoms with Crippen LogP contribution >= 0.6 is 0 Å². The predicted molar refractivity (Wildman–Crippen MR) is 43.8 cm³/mol. The highest BCUT2D eigenvalue weighted by Gasteiger charge is 2.33. The third-order valence-electron chi connectivity index (χ3n) is 2.20. The molecule has 0 aromatic rings. The van der Waals surface area contributed by atoms with Gasteiger partial charge in [-0.05, 0) is 19.8 Å². The molecule has 3 N–H and O–H groups in total. The van der Waals surface area contributed by atoms with E-state index in [9.17, 15) is 4.79 Å². The van der Waals surface area contributed by atoms with E-state index < -0.39 is 11.5 Å². The monoisotopic (exact) mass is 173 g/mol. The van der Waals surface area contributed by atoms with Crippen molar-refractivity contribution in [1.82, 2.24) is 0 Å². The molecular formula is C8H15NO3. The number of hydrogen-bond donors (Lipinski definition) is 2. The number of nitrogens with two attached hydrogens (primary N) is 1. The van der Waals surface area contributed by atoms with Crippen LogP contribution in [0.4, 0.5) is 0 Å². The van der Waals surface area contributed by atoms with Crippen molar-refractivity contribution < 1.29 is 14.6 Å². The summed E-state index contributed by atoms with van der Waals surface area (Å²) in [6.45, 7) is 2.49. The van der Waals surface area contributed by atoms with E-state index >= 15 is 0 Å². The van der Waals surface area contributed by atoms with E-state index in [0.717, 1.165) is 0 Å². The lowest BCUT2D eigenvalue weighted by molar-refractivity contribution is -0.139. The first-order valence-electron chi connectivity index (χ1n) is 4.14. The fraction of sp³-hybridized carbons (Fsp3) is 0.875. The van der Waals surface area contributed by atoms with Crippen LogP contribution in [0.25, 0.3) is 0 Å². The Morgan fingerprint density at radius 1 is 1.83 bits per heavy atom. The second kappa shape index (κ2) is 3.41. The van der Waals surface area contributed by atoms with Gasteiger partial charge in [-0.3, -0.25) is 4.79 Å². The maximum Gasteiger partial charge on any atom is 0.305 e. The average Bonchev–Trinajstić information content (AvgIpc) is 1.82. The molecule has 0 aliphatic carbocycles. The van der Waals surface area contributed by atoms with E-state index in [1.165, 1.54) is 0 Å². The van der Waals surface area contributed by atoms with Gasteiger partial charge >= 0.3 is 5.97 Å². The molecule has 4 nitrogen and oxygen atoms in total. The Bertz CT molecular complexity index is 183. The van der Waals surface area contributed by atoms with Crippen LogP contribution in [0.15, 0.2) is 0 Å². The Balaban J connectivity index is 2.51. The Morgan fingerprint density at radius 3 is 3.00 bits per heavy atom. The quantitative estimate of drug-likeness (QED) is 0.632. The molecule has 0 aromatic carbocycles. The molecule has 1 aliphatic heterocycles. The number of aliphatic carboxylic acids is 1. The average molecular weight is 173 g/mol. The first-order chi connectivity index (χ1) is 5.52. The Hall–Kier alpha value is -0.610. The van der Waals surface area contributed by atoms with Gasteiger partial charge in [-0.2, -0.15) is 0 Å². The molecule has 0 amide bonds. The Kier molecular flexibility index (Phi) is 2.69. The van der Waals surface area contributed by atoms with Crippen LogP contribution in [0.3, 0.4) is 0 Å².